The fraction of sp³-hybridized carbons (Fsp3) is 0.0909. The zero-order chi connectivity index (χ0) is 17.0. The summed E-state index contributed by atoms with van der Waals surface area (Å²) in [5.74, 6) is 0. The summed E-state index contributed by atoms with van der Waals surface area (Å²) in [7, 11) is 2.06. The fourth-order valence-corrected chi connectivity index (χ4v) is 3.62. The van der Waals surface area contributed by atoms with E-state index < -0.39 is 0 Å². The van der Waals surface area contributed by atoms with Gasteiger partial charge in [-0.2, -0.15) is 4.57 Å². The molecule has 5 aromatic rings. The molecule has 0 amide bonds. The fourth-order valence-electron chi connectivity index (χ4n) is 3.62. The van der Waals surface area contributed by atoms with Crippen LogP contribution in [0.3, 0.4) is 0 Å². The van der Waals surface area contributed by atoms with Gasteiger partial charge in [-0.15, -0.1) is 0 Å². The number of hydrogen-bond donors (Lipinski definition) is 0. The smallest absolute Gasteiger partial charge is 0.228 e. The number of hydrogen-bond acceptors (Lipinski definition) is 2. The van der Waals surface area contributed by atoms with Gasteiger partial charge in [-0.3, -0.25) is 0 Å². The largest absolute Gasteiger partial charge is 0.431 e. The summed E-state index contributed by atoms with van der Waals surface area (Å²) in [6.07, 6.45) is 3.93. The molecule has 3 nitrogen and oxygen atoms in total. The highest BCUT2D eigenvalue weighted by Gasteiger charge is 2.19. The molecule has 5 rings (SSSR count). The van der Waals surface area contributed by atoms with E-state index in [1.54, 1.807) is 0 Å². The molecule has 0 aliphatic rings. The Bertz CT molecular complexity index is 1270. The third-order valence-electron chi connectivity index (χ3n) is 4.90. The minimum atomic E-state index is 0.690. The van der Waals surface area contributed by atoms with Crippen molar-refractivity contribution in [3.63, 3.8) is 0 Å². The van der Waals surface area contributed by atoms with E-state index in [1.807, 2.05) is 18.5 Å². The summed E-state index contributed by atoms with van der Waals surface area (Å²) in [5.41, 5.74) is 5.21. The Morgan fingerprint density at radius 1 is 0.960 bits per heavy atom. The van der Waals surface area contributed by atoms with Crippen molar-refractivity contribution in [3.05, 3.63) is 72.6 Å². The Kier molecular flexibility index (Phi) is 2.92. The van der Waals surface area contributed by atoms with Crippen LogP contribution in [0.1, 0.15) is 5.56 Å². The highest BCUT2D eigenvalue weighted by molar-refractivity contribution is 6.17. The summed E-state index contributed by atoms with van der Waals surface area (Å²) in [5, 5.41) is 4.50. The molecule has 0 bridgehead atoms. The number of benzene rings is 2. The van der Waals surface area contributed by atoms with E-state index >= 15 is 0 Å². The van der Waals surface area contributed by atoms with E-state index in [0.29, 0.717) is 5.71 Å². The Morgan fingerprint density at radius 2 is 1.76 bits per heavy atom. The number of furan rings is 1. The van der Waals surface area contributed by atoms with Crippen molar-refractivity contribution in [1.82, 2.24) is 4.98 Å². The third-order valence-corrected chi connectivity index (χ3v) is 4.90. The Morgan fingerprint density at radius 3 is 2.64 bits per heavy atom. The second-order valence-corrected chi connectivity index (χ2v) is 6.49. The van der Waals surface area contributed by atoms with Gasteiger partial charge in [-0.1, -0.05) is 42.5 Å². The van der Waals surface area contributed by atoms with E-state index in [9.17, 15) is 0 Å². The van der Waals surface area contributed by atoms with Gasteiger partial charge in [-0.05, 0) is 23.9 Å². The van der Waals surface area contributed by atoms with Crippen molar-refractivity contribution < 1.29 is 8.98 Å². The molecule has 3 heteroatoms. The van der Waals surface area contributed by atoms with E-state index in [-0.39, 0.29) is 0 Å². The molecule has 2 aromatic carbocycles. The topological polar surface area (TPSA) is 29.9 Å². The standard InChI is InChI=1S/C22H17N2O/c1-14-7-3-5-9-16(14)19-11-18-20(13-24(19)2)25-22-21(18)17-10-6-4-8-15(17)12-23-22/h3-13H,1-2H3/q+1. The van der Waals surface area contributed by atoms with E-state index in [0.717, 1.165) is 21.7 Å². The highest BCUT2D eigenvalue weighted by Crippen LogP contribution is 2.34. The molecule has 0 radical (unpaired) electrons. The molecule has 3 heterocycles. The average Bonchev–Trinajstić information content (AvgIpc) is 2.99. The van der Waals surface area contributed by atoms with Crippen LogP contribution in [-0.4, -0.2) is 4.98 Å². The second-order valence-electron chi connectivity index (χ2n) is 6.49. The van der Waals surface area contributed by atoms with Crippen molar-refractivity contribution in [2.75, 3.05) is 0 Å². The zero-order valence-electron chi connectivity index (χ0n) is 14.2. The van der Waals surface area contributed by atoms with Crippen molar-refractivity contribution in [2.24, 2.45) is 7.05 Å². The summed E-state index contributed by atoms with van der Waals surface area (Å²) in [6.45, 7) is 2.14. The SMILES string of the molecule is Cc1ccccc1-c1cc2c(c[n+]1C)oc1ncc3ccccc3c12. The Balaban J connectivity index is 1.93. The lowest BCUT2D eigenvalue weighted by Gasteiger charge is -2.04. The molecule has 0 N–H and O–H groups in total. The first-order valence-corrected chi connectivity index (χ1v) is 8.38. The van der Waals surface area contributed by atoms with Crippen molar-refractivity contribution in [3.8, 4) is 11.3 Å². The van der Waals surface area contributed by atoms with Crippen LogP contribution in [0.4, 0.5) is 0 Å². The lowest BCUT2D eigenvalue weighted by Crippen LogP contribution is -2.30. The van der Waals surface area contributed by atoms with Gasteiger partial charge in [0.1, 0.15) is 7.05 Å². The molecule has 120 valence electrons. The van der Waals surface area contributed by atoms with E-state index in [4.69, 9.17) is 4.42 Å². The van der Waals surface area contributed by atoms with Gasteiger partial charge in [0.05, 0.1) is 5.39 Å². The quantitative estimate of drug-likeness (QED) is 0.409. The summed E-state index contributed by atoms with van der Waals surface area (Å²) in [4.78, 5) is 4.52. The molecule has 0 saturated heterocycles. The van der Waals surface area contributed by atoms with Crippen molar-refractivity contribution in [1.29, 1.82) is 0 Å². The Labute approximate surface area is 145 Å². The second kappa shape index (κ2) is 5.15. The molecule has 0 aliphatic heterocycles. The molecular formula is C22H17N2O+. The molecule has 0 unspecified atom stereocenters. The third kappa shape index (κ3) is 2.06. The highest BCUT2D eigenvalue weighted by atomic mass is 16.3. The van der Waals surface area contributed by atoms with Crippen LogP contribution >= 0.6 is 0 Å². The van der Waals surface area contributed by atoms with Crippen molar-refractivity contribution in [2.45, 2.75) is 6.92 Å². The van der Waals surface area contributed by atoms with Crippen LogP contribution in [0.15, 0.2) is 71.4 Å². The lowest BCUT2D eigenvalue weighted by atomic mass is 10.0. The molecule has 0 atom stereocenters. The number of fused-ring (bicyclic) bond motifs is 5. The predicted molar refractivity (Wildman–Crippen MR) is 100 cm³/mol. The van der Waals surface area contributed by atoms with Crippen LogP contribution in [0.2, 0.25) is 0 Å². The van der Waals surface area contributed by atoms with Gasteiger partial charge < -0.3 is 4.42 Å². The van der Waals surface area contributed by atoms with Gasteiger partial charge in [0, 0.05) is 28.6 Å². The maximum absolute atomic E-state index is 6.03. The van der Waals surface area contributed by atoms with Gasteiger partial charge in [-0.25, -0.2) is 4.98 Å². The van der Waals surface area contributed by atoms with Crippen LogP contribution < -0.4 is 4.57 Å². The maximum atomic E-state index is 6.03. The molecule has 0 aliphatic carbocycles. The zero-order valence-corrected chi connectivity index (χ0v) is 14.2. The number of pyridine rings is 2. The van der Waals surface area contributed by atoms with E-state index in [1.165, 1.54) is 22.2 Å². The summed E-state index contributed by atoms with van der Waals surface area (Å²) in [6, 6.07) is 19.0. The first-order chi connectivity index (χ1) is 12.2. The number of nitrogens with zero attached hydrogens (tertiary/aromatic N) is 2. The molecule has 3 aromatic heterocycles. The average molecular weight is 325 g/mol. The molecule has 0 fully saturated rings. The van der Waals surface area contributed by atoms with Crippen LogP contribution in [0.25, 0.3) is 44.1 Å². The van der Waals surface area contributed by atoms with Gasteiger partial charge in [0.25, 0.3) is 0 Å². The summed E-state index contributed by atoms with van der Waals surface area (Å²) < 4.78 is 8.15. The first-order valence-electron chi connectivity index (χ1n) is 8.38. The van der Waals surface area contributed by atoms with Gasteiger partial charge in [0.2, 0.25) is 23.2 Å². The minimum Gasteiger partial charge on any atom is -0.431 e. The van der Waals surface area contributed by atoms with Crippen LogP contribution in [-0.2, 0) is 7.05 Å². The van der Waals surface area contributed by atoms with Crippen LogP contribution in [0.5, 0.6) is 0 Å². The minimum absolute atomic E-state index is 0.690. The molecule has 0 saturated carbocycles. The summed E-state index contributed by atoms with van der Waals surface area (Å²) >= 11 is 0. The van der Waals surface area contributed by atoms with Crippen molar-refractivity contribution >= 4 is 32.8 Å². The maximum Gasteiger partial charge on any atom is 0.228 e. The number of aromatic nitrogens is 2. The number of rotatable bonds is 1. The predicted octanol–water partition coefficient (Wildman–Crippen LogP) is 4.93. The molecular weight excluding hydrogens is 308 g/mol. The van der Waals surface area contributed by atoms with Crippen LogP contribution in [0, 0.1) is 6.92 Å². The van der Waals surface area contributed by atoms with E-state index in [2.05, 4.69) is 72.1 Å². The van der Waals surface area contributed by atoms with Gasteiger partial charge in [0.15, 0.2) is 0 Å². The first kappa shape index (κ1) is 14.2. The molecule has 25 heavy (non-hydrogen) atoms. The monoisotopic (exact) mass is 325 g/mol. The molecule has 0 spiro atoms. The number of aryl methyl sites for hydroxylation is 2. The Hall–Kier alpha value is -3.20. The lowest BCUT2D eigenvalue weighted by molar-refractivity contribution is -0.659. The normalized spacial score (nSPS) is 11.6. The van der Waals surface area contributed by atoms with Gasteiger partial charge >= 0.3 is 0 Å².